The minimum atomic E-state index is -0.579. The molecule has 1 aliphatic rings. The fourth-order valence-corrected chi connectivity index (χ4v) is 2.25. The maximum atomic E-state index is 12.5. The average molecular weight is 349 g/mol. The Morgan fingerprint density at radius 3 is 2.64 bits per heavy atom. The summed E-state index contributed by atoms with van der Waals surface area (Å²) in [6, 6.07) is 0. The molecule has 1 heterocycles. The predicted molar refractivity (Wildman–Crippen MR) is 89.5 cm³/mol. The number of rotatable bonds is 5. The van der Waals surface area contributed by atoms with Crippen molar-refractivity contribution in [2.45, 2.75) is 39.7 Å². The molecule has 0 unspecified atom stereocenters. The Labute approximate surface area is 146 Å². The number of oxazole rings is 1. The summed E-state index contributed by atoms with van der Waals surface area (Å²) in [6.07, 6.45) is 1.21. The summed E-state index contributed by atoms with van der Waals surface area (Å²) in [5.74, 6) is -0.413. The zero-order valence-electron chi connectivity index (χ0n) is 15.1. The van der Waals surface area contributed by atoms with Gasteiger partial charge in [0.2, 0.25) is 17.3 Å². The topological polar surface area (TPSA) is 102 Å². The van der Waals surface area contributed by atoms with Gasteiger partial charge in [0.25, 0.3) is 0 Å². The van der Waals surface area contributed by atoms with Gasteiger partial charge in [0, 0.05) is 32.6 Å². The molecule has 0 radical (unpaired) electrons. The Morgan fingerprint density at radius 1 is 1.36 bits per heavy atom. The van der Waals surface area contributed by atoms with Gasteiger partial charge in [0.1, 0.15) is 5.60 Å². The molecule has 0 spiro atoms. The van der Waals surface area contributed by atoms with Gasteiger partial charge in [-0.05, 0) is 20.8 Å². The van der Waals surface area contributed by atoms with Crippen LogP contribution in [-0.4, -0.2) is 53.3 Å². The van der Waals surface area contributed by atoms with Crippen molar-refractivity contribution in [2.75, 3.05) is 20.1 Å². The van der Waals surface area contributed by atoms with Gasteiger partial charge in [-0.1, -0.05) is 6.92 Å². The van der Waals surface area contributed by atoms with E-state index in [-0.39, 0.29) is 35.3 Å². The number of nitrogens with one attached hydrogen (secondary N) is 1. The summed E-state index contributed by atoms with van der Waals surface area (Å²) in [5.41, 5.74) is -0.308. The largest absolute Gasteiger partial charge is 0.444 e. The number of ketones is 2. The van der Waals surface area contributed by atoms with Crippen LogP contribution in [0.4, 0.5) is 4.79 Å². The number of likely N-dealkylation sites (N-methyl/N-ethyl adjacent to an activating group) is 1. The third-order valence-electron chi connectivity index (χ3n) is 3.44. The average Bonchev–Trinajstić information content (AvgIpc) is 2.94. The van der Waals surface area contributed by atoms with Crippen LogP contribution in [0.5, 0.6) is 0 Å². The molecule has 0 aromatic carbocycles. The van der Waals surface area contributed by atoms with Crippen LogP contribution >= 0.6 is 0 Å². The number of nitrogens with zero attached hydrogens (tertiary/aromatic N) is 2. The van der Waals surface area contributed by atoms with Crippen molar-refractivity contribution in [3.8, 4) is 0 Å². The van der Waals surface area contributed by atoms with E-state index in [4.69, 9.17) is 9.15 Å². The first-order valence-corrected chi connectivity index (χ1v) is 8.10. The van der Waals surface area contributed by atoms with Gasteiger partial charge in [-0.2, -0.15) is 0 Å². The second kappa shape index (κ2) is 7.08. The standard InChI is InChI=1S/C17H23N3O5/c1-6-12-19-13-11(21)9-10(14(22)15(13)24-12)20(5)8-7-18-16(23)25-17(2,3)4/h9H,6-8H2,1-5H3,(H,18,23). The van der Waals surface area contributed by atoms with Crippen molar-refractivity contribution in [2.24, 2.45) is 0 Å². The van der Waals surface area contributed by atoms with E-state index in [2.05, 4.69) is 10.3 Å². The van der Waals surface area contributed by atoms with Crippen LogP contribution in [0, 0.1) is 0 Å². The van der Waals surface area contributed by atoms with Crippen LogP contribution in [0.15, 0.2) is 16.2 Å². The van der Waals surface area contributed by atoms with Crippen molar-refractivity contribution in [1.29, 1.82) is 0 Å². The molecule has 1 amide bonds. The van der Waals surface area contributed by atoms with Crippen LogP contribution in [-0.2, 0) is 11.2 Å². The molecule has 0 bridgehead atoms. The van der Waals surface area contributed by atoms with Crippen LogP contribution < -0.4 is 5.32 Å². The quantitative estimate of drug-likeness (QED) is 0.867. The van der Waals surface area contributed by atoms with Crippen LogP contribution in [0.25, 0.3) is 0 Å². The number of allylic oxidation sites excluding steroid dienone is 2. The third kappa shape index (κ3) is 4.46. The number of hydrogen-bond donors (Lipinski definition) is 1. The predicted octanol–water partition coefficient (Wildman–Crippen LogP) is 1.96. The van der Waals surface area contributed by atoms with Crippen molar-refractivity contribution in [3.63, 3.8) is 0 Å². The first-order valence-electron chi connectivity index (χ1n) is 8.10. The summed E-state index contributed by atoms with van der Waals surface area (Å²) in [4.78, 5) is 41.9. The van der Waals surface area contributed by atoms with E-state index >= 15 is 0 Å². The number of fused-ring (bicyclic) bond motifs is 1. The molecule has 8 heteroatoms. The minimum Gasteiger partial charge on any atom is -0.444 e. The highest BCUT2D eigenvalue weighted by molar-refractivity contribution is 6.22. The highest BCUT2D eigenvalue weighted by atomic mass is 16.6. The molecule has 25 heavy (non-hydrogen) atoms. The first kappa shape index (κ1) is 18.7. The normalized spacial score (nSPS) is 14.0. The van der Waals surface area contributed by atoms with Gasteiger partial charge >= 0.3 is 6.09 Å². The number of hydrogen-bond acceptors (Lipinski definition) is 7. The molecule has 0 atom stereocenters. The fraction of sp³-hybridized carbons (Fsp3) is 0.529. The fourth-order valence-electron chi connectivity index (χ4n) is 2.25. The zero-order chi connectivity index (χ0) is 18.8. The summed E-state index contributed by atoms with van der Waals surface area (Å²) < 4.78 is 10.5. The summed E-state index contributed by atoms with van der Waals surface area (Å²) in [7, 11) is 1.66. The van der Waals surface area contributed by atoms with E-state index in [9.17, 15) is 14.4 Å². The Kier molecular flexibility index (Phi) is 5.30. The molecular weight excluding hydrogens is 326 g/mol. The van der Waals surface area contributed by atoms with E-state index in [1.807, 2.05) is 6.92 Å². The monoisotopic (exact) mass is 349 g/mol. The Hall–Kier alpha value is -2.64. The van der Waals surface area contributed by atoms with Gasteiger partial charge in [-0.15, -0.1) is 0 Å². The van der Waals surface area contributed by atoms with Crippen molar-refractivity contribution >= 4 is 17.7 Å². The number of alkyl carbamates (subject to hydrolysis) is 1. The molecule has 1 aliphatic carbocycles. The highest BCUT2D eigenvalue weighted by Gasteiger charge is 2.33. The van der Waals surface area contributed by atoms with Crippen molar-refractivity contribution in [3.05, 3.63) is 29.1 Å². The molecule has 1 aromatic rings. The Bertz CT molecular complexity index is 727. The van der Waals surface area contributed by atoms with Gasteiger partial charge < -0.3 is 19.4 Å². The SMILES string of the molecule is CCc1nc2c(o1)C(=O)C(N(C)CCNC(=O)OC(C)(C)C)=CC2=O. The second-order valence-corrected chi connectivity index (χ2v) is 6.71. The maximum Gasteiger partial charge on any atom is 0.407 e. The molecule has 1 N–H and O–H groups in total. The van der Waals surface area contributed by atoms with Gasteiger partial charge in [0.05, 0.1) is 5.70 Å². The molecule has 0 saturated heterocycles. The molecular formula is C17H23N3O5. The highest BCUT2D eigenvalue weighted by Crippen LogP contribution is 2.23. The molecule has 1 aromatic heterocycles. The smallest absolute Gasteiger partial charge is 0.407 e. The molecule has 0 saturated carbocycles. The number of amides is 1. The van der Waals surface area contributed by atoms with E-state index < -0.39 is 11.7 Å². The lowest BCUT2D eigenvalue weighted by atomic mass is 10.0. The summed E-state index contributed by atoms with van der Waals surface area (Å²) in [6.45, 7) is 7.73. The molecule has 136 valence electrons. The van der Waals surface area contributed by atoms with Crippen LogP contribution in [0.3, 0.4) is 0 Å². The number of aryl methyl sites for hydroxylation is 1. The number of Topliss-reactive ketones (excluding diaryl/α,β-unsaturated/α-hetero) is 1. The number of ether oxygens (including phenoxy) is 1. The summed E-state index contributed by atoms with van der Waals surface area (Å²) >= 11 is 0. The van der Waals surface area contributed by atoms with E-state index in [0.29, 0.717) is 18.9 Å². The van der Waals surface area contributed by atoms with Crippen molar-refractivity contribution in [1.82, 2.24) is 15.2 Å². The molecule has 0 fully saturated rings. The third-order valence-corrected chi connectivity index (χ3v) is 3.44. The van der Waals surface area contributed by atoms with Crippen LogP contribution in [0.2, 0.25) is 0 Å². The lowest BCUT2D eigenvalue weighted by Crippen LogP contribution is -2.38. The molecule has 8 nitrogen and oxygen atoms in total. The van der Waals surface area contributed by atoms with Crippen LogP contribution in [0.1, 0.15) is 54.6 Å². The maximum absolute atomic E-state index is 12.5. The minimum absolute atomic E-state index is 0.0219. The van der Waals surface area contributed by atoms with Gasteiger partial charge in [-0.3, -0.25) is 9.59 Å². The Morgan fingerprint density at radius 2 is 2.04 bits per heavy atom. The first-order chi connectivity index (χ1) is 11.6. The zero-order valence-corrected chi connectivity index (χ0v) is 15.1. The number of aromatic nitrogens is 1. The van der Waals surface area contributed by atoms with Gasteiger partial charge in [0.15, 0.2) is 11.6 Å². The van der Waals surface area contributed by atoms with Crippen molar-refractivity contribution < 1.29 is 23.5 Å². The number of carbonyl (C=O) groups excluding carboxylic acids is 3. The van der Waals surface area contributed by atoms with E-state index in [1.165, 1.54) is 6.08 Å². The Balaban J connectivity index is 1.98. The summed E-state index contributed by atoms with van der Waals surface area (Å²) in [5, 5.41) is 2.61. The van der Waals surface area contributed by atoms with Gasteiger partial charge in [-0.25, -0.2) is 9.78 Å². The second-order valence-electron chi connectivity index (χ2n) is 6.71. The lowest BCUT2D eigenvalue weighted by Gasteiger charge is -2.24. The van der Waals surface area contributed by atoms with E-state index in [1.54, 1.807) is 32.7 Å². The van der Waals surface area contributed by atoms with E-state index in [0.717, 1.165) is 0 Å². The molecule has 0 aliphatic heterocycles. The lowest BCUT2D eigenvalue weighted by molar-refractivity contribution is 0.0525. The molecule has 2 rings (SSSR count). The number of carbonyl (C=O) groups is 3.